The van der Waals surface area contributed by atoms with Gasteiger partial charge in [-0.2, -0.15) is 0 Å². The van der Waals surface area contributed by atoms with Crippen molar-refractivity contribution in [1.29, 1.82) is 0 Å². The summed E-state index contributed by atoms with van der Waals surface area (Å²) in [6.45, 7) is 8.21. The minimum absolute atomic E-state index is 0.00921. The number of hydrogen-bond acceptors (Lipinski definition) is 11. The Kier molecular flexibility index (Phi) is 21.5. The molecule has 7 unspecified atom stereocenters. The number of aliphatic hydroxyl groups is 5. The Balaban J connectivity index is 4.74. The molecule has 0 radical (unpaired) electrons. The van der Waals surface area contributed by atoms with Gasteiger partial charge in [-0.3, -0.25) is 0 Å². The fourth-order valence-electron chi connectivity index (χ4n) is 2.47. The van der Waals surface area contributed by atoms with Gasteiger partial charge in [0.05, 0.1) is 84.4 Å². The van der Waals surface area contributed by atoms with Crippen LogP contribution in [0.5, 0.6) is 0 Å². The Labute approximate surface area is 203 Å². The Hall–Kier alpha value is -0.440. The van der Waals surface area contributed by atoms with E-state index in [4.69, 9.17) is 33.5 Å². The second-order valence-electron chi connectivity index (χ2n) is 8.53. The summed E-state index contributed by atoms with van der Waals surface area (Å²) in [5.74, 6) is 0.00921. The molecule has 0 rings (SSSR count). The lowest BCUT2D eigenvalue weighted by Crippen LogP contribution is -2.36. The topological polar surface area (TPSA) is 157 Å². The van der Waals surface area contributed by atoms with Gasteiger partial charge < -0.3 is 54.0 Å². The Morgan fingerprint density at radius 1 is 0.588 bits per heavy atom. The fraction of sp³-hybridized carbons (Fsp3) is 1.00. The Morgan fingerprint density at radius 3 is 1.71 bits per heavy atom. The highest BCUT2D eigenvalue weighted by molar-refractivity contribution is 4.62. The maximum Gasteiger partial charge on any atom is 0.181 e. The molecule has 0 aromatic carbocycles. The zero-order chi connectivity index (χ0) is 25.8. The summed E-state index contributed by atoms with van der Waals surface area (Å²) >= 11 is 0. The maximum absolute atomic E-state index is 9.73. The van der Waals surface area contributed by atoms with Crippen LogP contribution in [0, 0.1) is 5.92 Å². The van der Waals surface area contributed by atoms with Crippen LogP contribution >= 0.6 is 0 Å². The van der Waals surface area contributed by atoms with Crippen LogP contribution in [0.15, 0.2) is 0 Å². The lowest BCUT2D eigenvalue weighted by molar-refractivity contribution is -0.216. The molecular weight excluding hydrogens is 452 g/mol. The van der Waals surface area contributed by atoms with Crippen molar-refractivity contribution in [3.05, 3.63) is 0 Å². The number of rotatable bonds is 24. The van der Waals surface area contributed by atoms with E-state index in [1.54, 1.807) is 6.92 Å². The summed E-state index contributed by atoms with van der Waals surface area (Å²) < 4.78 is 33.9. The van der Waals surface area contributed by atoms with E-state index >= 15 is 0 Å². The third-order valence-electron chi connectivity index (χ3n) is 4.77. The highest BCUT2D eigenvalue weighted by Crippen LogP contribution is 2.08. The molecule has 0 bridgehead atoms. The first kappa shape index (κ1) is 33.6. The van der Waals surface area contributed by atoms with Crippen molar-refractivity contribution in [2.45, 2.75) is 77.3 Å². The van der Waals surface area contributed by atoms with E-state index in [2.05, 4.69) is 0 Å². The molecule has 7 atom stereocenters. The van der Waals surface area contributed by atoms with Crippen LogP contribution in [0.25, 0.3) is 0 Å². The van der Waals surface area contributed by atoms with Crippen LogP contribution in [0.4, 0.5) is 0 Å². The molecule has 0 aliphatic carbocycles. The Bertz CT molecular complexity index is 443. The van der Waals surface area contributed by atoms with Gasteiger partial charge in [-0.05, 0) is 19.8 Å². The van der Waals surface area contributed by atoms with Crippen molar-refractivity contribution >= 4 is 0 Å². The van der Waals surface area contributed by atoms with Crippen molar-refractivity contribution in [2.24, 2.45) is 5.92 Å². The van der Waals surface area contributed by atoms with Gasteiger partial charge in [0, 0.05) is 5.92 Å². The number of hydrogen-bond donors (Lipinski definition) is 5. The van der Waals surface area contributed by atoms with Crippen molar-refractivity contribution in [3.8, 4) is 0 Å². The fourth-order valence-corrected chi connectivity index (χ4v) is 2.47. The molecule has 0 amide bonds. The second kappa shape index (κ2) is 21.8. The van der Waals surface area contributed by atoms with Gasteiger partial charge in [-0.25, -0.2) is 0 Å². The quantitative estimate of drug-likeness (QED) is 0.111. The van der Waals surface area contributed by atoms with Crippen LogP contribution in [0.1, 0.15) is 40.5 Å². The predicted molar refractivity (Wildman–Crippen MR) is 124 cm³/mol. The van der Waals surface area contributed by atoms with Crippen LogP contribution in [0.2, 0.25) is 0 Å². The summed E-state index contributed by atoms with van der Waals surface area (Å²) in [4.78, 5) is 0. The van der Waals surface area contributed by atoms with E-state index in [0.717, 1.165) is 0 Å². The molecule has 0 heterocycles. The number of ether oxygens (including phenoxy) is 6. The third kappa shape index (κ3) is 18.8. The first-order valence-electron chi connectivity index (χ1n) is 12.1. The lowest BCUT2D eigenvalue weighted by atomic mass is 10.2. The van der Waals surface area contributed by atoms with Gasteiger partial charge in [0.2, 0.25) is 0 Å². The smallest absolute Gasteiger partial charge is 0.181 e. The third-order valence-corrected chi connectivity index (χ3v) is 4.77. The molecule has 0 saturated heterocycles. The van der Waals surface area contributed by atoms with Crippen molar-refractivity contribution in [2.75, 3.05) is 66.1 Å². The Morgan fingerprint density at radius 2 is 1.15 bits per heavy atom. The van der Waals surface area contributed by atoms with Crippen LogP contribution in [0.3, 0.4) is 0 Å². The van der Waals surface area contributed by atoms with Crippen molar-refractivity contribution in [3.63, 3.8) is 0 Å². The first-order valence-corrected chi connectivity index (χ1v) is 12.1. The molecule has 5 N–H and O–H groups in total. The van der Waals surface area contributed by atoms with Gasteiger partial charge in [-0.1, -0.05) is 20.8 Å². The van der Waals surface area contributed by atoms with Crippen molar-refractivity contribution < 1.29 is 54.0 Å². The number of aliphatic hydroxyl groups excluding tert-OH is 5. The zero-order valence-corrected chi connectivity index (χ0v) is 21.2. The highest BCUT2D eigenvalue weighted by atomic mass is 16.7. The van der Waals surface area contributed by atoms with Crippen LogP contribution in [-0.2, 0) is 28.4 Å². The normalized spacial score (nSPS) is 18.3. The van der Waals surface area contributed by atoms with Crippen LogP contribution in [-0.4, -0.2) is 128 Å². The van der Waals surface area contributed by atoms with E-state index in [1.165, 1.54) is 0 Å². The first-order chi connectivity index (χ1) is 16.2. The molecular formula is C23H48O11. The molecule has 206 valence electrons. The van der Waals surface area contributed by atoms with E-state index in [9.17, 15) is 20.4 Å². The SMILES string of the molecule is CCC(O)COCC(COC(COCC(O)CC)OC(C)CO)OCC(C)COCC(O)CO. The molecule has 0 spiro atoms. The predicted octanol–water partition coefficient (Wildman–Crippen LogP) is -0.307. The molecule has 0 aliphatic rings. The summed E-state index contributed by atoms with van der Waals surface area (Å²) in [6.07, 6.45) is -2.62. The van der Waals surface area contributed by atoms with Crippen molar-refractivity contribution in [1.82, 2.24) is 0 Å². The molecule has 0 aliphatic heterocycles. The molecule has 0 fully saturated rings. The van der Waals surface area contributed by atoms with Crippen LogP contribution < -0.4 is 0 Å². The van der Waals surface area contributed by atoms with E-state index in [-0.39, 0.29) is 58.8 Å². The van der Waals surface area contributed by atoms with Gasteiger partial charge in [0.15, 0.2) is 6.29 Å². The molecule has 34 heavy (non-hydrogen) atoms. The second-order valence-corrected chi connectivity index (χ2v) is 8.53. The maximum atomic E-state index is 9.73. The summed E-state index contributed by atoms with van der Waals surface area (Å²) in [5.41, 5.74) is 0. The van der Waals surface area contributed by atoms with E-state index < -0.39 is 36.8 Å². The van der Waals surface area contributed by atoms with E-state index in [1.807, 2.05) is 20.8 Å². The molecule has 0 saturated carbocycles. The average molecular weight is 501 g/mol. The minimum atomic E-state index is -0.911. The highest BCUT2D eigenvalue weighted by Gasteiger charge is 2.20. The summed E-state index contributed by atoms with van der Waals surface area (Å²) in [7, 11) is 0. The standard InChI is InChI=1S/C23H48O11/c1-5-19(26)11-30-14-22(32-10-17(3)9-29-13-21(28)8-25)15-33-23(34-18(4)7-24)16-31-12-20(27)6-2/h17-28H,5-16H2,1-4H3. The monoisotopic (exact) mass is 500 g/mol. The zero-order valence-electron chi connectivity index (χ0n) is 21.2. The van der Waals surface area contributed by atoms with Gasteiger partial charge in [0.1, 0.15) is 12.2 Å². The molecule has 0 aromatic heterocycles. The molecule has 11 nitrogen and oxygen atoms in total. The largest absolute Gasteiger partial charge is 0.394 e. The van der Waals surface area contributed by atoms with Gasteiger partial charge >= 0.3 is 0 Å². The molecule has 0 aromatic rings. The van der Waals surface area contributed by atoms with Gasteiger partial charge in [-0.15, -0.1) is 0 Å². The lowest BCUT2D eigenvalue weighted by Gasteiger charge is -2.26. The van der Waals surface area contributed by atoms with E-state index in [0.29, 0.717) is 26.1 Å². The minimum Gasteiger partial charge on any atom is -0.394 e. The molecule has 11 heteroatoms. The summed E-state index contributed by atoms with van der Waals surface area (Å²) in [5, 5.41) is 46.9. The van der Waals surface area contributed by atoms with Gasteiger partial charge in [0.25, 0.3) is 0 Å². The summed E-state index contributed by atoms with van der Waals surface area (Å²) in [6, 6.07) is 0. The average Bonchev–Trinajstić information content (AvgIpc) is 2.84.